The highest BCUT2D eigenvalue weighted by Gasteiger charge is 2.22. The molecule has 2 heterocycles. The van der Waals surface area contributed by atoms with Gasteiger partial charge in [-0.2, -0.15) is 5.10 Å². The molecule has 152 valence electrons. The summed E-state index contributed by atoms with van der Waals surface area (Å²) in [5.74, 6) is 0.527. The fourth-order valence-corrected chi connectivity index (χ4v) is 4.10. The zero-order chi connectivity index (χ0) is 20.9. The van der Waals surface area contributed by atoms with Crippen LogP contribution in [0.2, 0.25) is 0 Å². The van der Waals surface area contributed by atoms with Gasteiger partial charge < -0.3 is 10.1 Å². The standard InChI is InChI=1S/C24H23N3O2S/c1-17(22-13-8-14-30-22)25-24(28)20-16-27(15-18-9-4-3-5-10-18)26-23(20)19-11-6-7-12-21(19)29-2/h3-14,16-17H,15H2,1-2H3,(H,25,28)/t17-/m0/s1. The smallest absolute Gasteiger partial charge is 0.255 e. The third kappa shape index (κ3) is 4.28. The molecule has 0 saturated carbocycles. The van der Waals surface area contributed by atoms with E-state index >= 15 is 0 Å². The highest BCUT2D eigenvalue weighted by Crippen LogP contribution is 2.31. The number of aromatic nitrogens is 2. The predicted octanol–water partition coefficient (Wildman–Crippen LogP) is 5.16. The molecule has 0 spiro atoms. The first-order chi connectivity index (χ1) is 14.7. The van der Waals surface area contributed by atoms with Gasteiger partial charge in [0, 0.05) is 16.6 Å². The number of methoxy groups -OCH3 is 1. The second-order valence-corrected chi connectivity index (χ2v) is 7.96. The van der Waals surface area contributed by atoms with E-state index in [-0.39, 0.29) is 11.9 Å². The molecule has 1 N–H and O–H groups in total. The average molecular weight is 418 g/mol. The Bertz CT molecular complexity index is 1120. The summed E-state index contributed by atoms with van der Waals surface area (Å²) in [6, 6.07) is 21.6. The molecule has 5 nitrogen and oxygen atoms in total. The number of nitrogens with one attached hydrogen (secondary N) is 1. The molecule has 0 aliphatic rings. The number of thiophene rings is 1. The Morgan fingerprint density at radius 3 is 2.60 bits per heavy atom. The minimum absolute atomic E-state index is 0.0829. The topological polar surface area (TPSA) is 56.2 Å². The molecule has 0 aliphatic heterocycles. The van der Waals surface area contributed by atoms with Crippen LogP contribution in [0, 0.1) is 0 Å². The third-order valence-corrected chi connectivity index (χ3v) is 5.93. The first-order valence-corrected chi connectivity index (χ1v) is 10.6. The lowest BCUT2D eigenvalue weighted by molar-refractivity contribution is 0.0941. The summed E-state index contributed by atoms with van der Waals surface area (Å²) in [4.78, 5) is 14.3. The van der Waals surface area contributed by atoms with Crippen LogP contribution in [0.25, 0.3) is 11.3 Å². The molecule has 0 radical (unpaired) electrons. The molecule has 30 heavy (non-hydrogen) atoms. The largest absolute Gasteiger partial charge is 0.496 e. The van der Waals surface area contributed by atoms with Crippen LogP contribution in [0.3, 0.4) is 0 Å². The van der Waals surface area contributed by atoms with Crippen molar-refractivity contribution in [1.29, 1.82) is 0 Å². The molecule has 0 unspecified atom stereocenters. The molecular formula is C24H23N3O2S. The van der Waals surface area contributed by atoms with Gasteiger partial charge in [-0.3, -0.25) is 9.48 Å². The van der Waals surface area contributed by atoms with Crippen LogP contribution in [0.15, 0.2) is 78.3 Å². The summed E-state index contributed by atoms with van der Waals surface area (Å²) in [5.41, 5.74) is 3.05. The molecular weight excluding hydrogens is 394 g/mol. The minimum atomic E-state index is -0.156. The molecule has 4 rings (SSSR count). The number of benzene rings is 2. The molecule has 0 bridgehead atoms. The number of rotatable bonds is 7. The normalized spacial score (nSPS) is 11.8. The van der Waals surface area contributed by atoms with E-state index in [1.807, 2.05) is 89.9 Å². The van der Waals surface area contributed by atoms with Crippen molar-refractivity contribution in [3.05, 3.63) is 94.3 Å². The lowest BCUT2D eigenvalue weighted by Crippen LogP contribution is -2.26. The number of nitrogens with zero attached hydrogens (tertiary/aromatic N) is 2. The van der Waals surface area contributed by atoms with Gasteiger partial charge in [-0.15, -0.1) is 11.3 Å². The number of amides is 1. The van der Waals surface area contributed by atoms with Gasteiger partial charge in [0.05, 0.1) is 25.3 Å². The number of carbonyl (C=O) groups is 1. The summed E-state index contributed by atoms with van der Waals surface area (Å²) in [6.45, 7) is 2.57. The molecule has 6 heteroatoms. The van der Waals surface area contributed by atoms with Gasteiger partial charge in [0.15, 0.2) is 0 Å². The zero-order valence-corrected chi connectivity index (χ0v) is 17.7. The van der Waals surface area contributed by atoms with Crippen molar-refractivity contribution in [2.24, 2.45) is 0 Å². The van der Waals surface area contributed by atoms with Gasteiger partial charge in [0.1, 0.15) is 11.4 Å². The average Bonchev–Trinajstić information content (AvgIpc) is 3.45. The molecule has 0 aliphatic carbocycles. The van der Waals surface area contributed by atoms with Gasteiger partial charge in [-0.05, 0) is 36.1 Å². The Morgan fingerprint density at radius 1 is 1.10 bits per heavy atom. The van der Waals surface area contributed by atoms with Crippen molar-refractivity contribution in [3.8, 4) is 17.0 Å². The second kappa shape index (κ2) is 8.97. The second-order valence-electron chi connectivity index (χ2n) is 6.99. The van der Waals surface area contributed by atoms with Gasteiger partial charge in [-0.25, -0.2) is 0 Å². The Labute approximate surface area is 179 Å². The van der Waals surface area contributed by atoms with Crippen LogP contribution < -0.4 is 10.1 Å². The van der Waals surface area contributed by atoms with Crippen molar-refractivity contribution in [1.82, 2.24) is 15.1 Å². The Kier molecular flexibility index (Phi) is 5.95. The van der Waals surface area contributed by atoms with Gasteiger partial charge in [0.2, 0.25) is 0 Å². The van der Waals surface area contributed by atoms with Gasteiger partial charge in [0.25, 0.3) is 5.91 Å². The van der Waals surface area contributed by atoms with Crippen molar-refractivity contribution in [2.45, 2.75) is 19.5 Å². The summed E-state index contributed by atoms with van der Waals surface area (Å²) in [7, 11) is 1.62. The summed E-state index contributed by atoms with van der Waals surface area (Å²) >= 11 is 1.63. The van der Waals surface area contributed by atoms with E-state index in [0.717, 1.165) is 16.0 Å². The highest BCUT2D eigenvalue weighted by molar-refractivity contribution is 7.10. The van der Waals surface area contributed by atoms with Gasteiger partial charge in [-0.1, -0.05) is 48.5 Å². The van der Waals surface area contributed by atoms with E-state index in [1.54, 1.807) is 18.4 Å². The third-order valence-electron chi connectivity index (χ3n) is 4.87. The Hall–Kier alpha value is -3.38. The summed E-state index contributed by atoms with van der Waals surface area (Å²) in [5, 5.41) is 9.86. The predicted molar refractivity (Wildman–Crippen MR) is 120 cm³/mol. The first-order valence-electron chi connectivity index (χ1n) is 9.74. The zero-order valence-electron chi connectivity index (χ0n) is 16.9. The monoisotopic (exact) mass is 417 g/mol. The van der Waals surface area contributed by atoms with E-state index in [2.05, 4.69) is 5.32 Å². The lowest BCUT2D eigenvalue weighted by Gasteiger charge is -2.12. The molecule has 1 atom stereocenters. The van der Waals surface area contributed by atoms with Crippen molar-refractivity contribution >= 4 is 17.2 Å². The molecule has 4 aromatic rings. The molecule has 2 aromatic carbocycles. The first kappa shape index (κ1) is 19.9. The summed E-state index contributed by atoms with van der Waals surface area (Å²) in [6.07, 6.45) is 1.81. The van der Waals surface area contributed by atoms with Crippen LogP contribution in [-0.4, -0.2) is 22.8 Å². The fourth-order valence-electron chi connectivity index (χ4n) is 3.36. The van der Waals surface area contributed by atoms with E-state index in [0.29, 0.717) is 23.6 Å². The van der Waals surface area contributed by atoms with E-state index in [1.165, 1.54) is 0 Å². The fraction of sp³-hybridized carbons (Fsp3) is 0.167. The van der Waals surface area contributed by atoms with Crippen LogP contribution >= 0.6 is 11.3 Å². The molecule has 0 saturated heterocycles. The van der Waals surface area contributed by atoms with E-state index in [9.17, 15) is 4.79 Å². The maximum absolute atomic E-state index is 13.2. The lowest BCUT2D eigenvalue weighted by atomic mass is 10.1. The number of carbonyl (C=O) groups excluding carboxylic acids is 1. The van der Waals surface area contributed by atoms with Crippen LogP contribution in [0.4, 0.5) is 0 Å². The number of para-hydroxylation sites is 1. The molecule has 1 amide bonds. The maximum atomic E-state index is 13.2. The van der Waals surface area contributed by atoms with Crippen LogP contribution in [0.5, 0.6) is 5.75 Å². The quantitative estimate of drug-likeness (QED) is 0.452. The summed E-state index contributed by atoms with van der Waals surface area (Å²) < 4.78 is 7.33. The molecule has 0 fully saturated rings. The van der Waals surface area contributed by atoms with Gasteiger partial charge >= 0.3 is 0 Å². The number of hydrogen-bond donors (Lipinski definition) is 1. The number of ether oxygens (including phenoxy) is 1. The van der Waals surface area contributed by atoms with Crippen molar-refractivity contribution < 1.29 is 9.53 Å². The van der Waals surface area contributed by atoms with Crippen LogP contribution in [-0.2, 0) is 6.54 Å². The van der Waals surface area contributed by atoms with Crippen molar-refractivity contribution in [2.75, 3.05) is 7.11 Å². The van der Waals surface area contributed by atoms with Crippen molar-refractivity contribution in [3.63, 3.8) is 0 Å². The van der Waals surface area contributed by atoms with E-state index < -0.39 is 0 Å². The SMILES string of the molecule is COc1ccccc1-c1nn(Cc2ccccc2)cc1C(=O)N[C@@H](C)c1cccs1. The Morgan fingerprint density at radius 2 is 1.87 bits per heavy atom. The maximum Gasteiger partial charge on any atom is 0.255 e. The Balaban J connectivity index is 1.70. The molecule has 2 aromatic heterocycles. The van der Waals surface area contributed by atoms with E-state index in [4.69, 9.17) is 9.84 Å². The number of hydrogen-bond acceptors (Lipinski definition) is 4. The highest BCUT2D eigenvalue weighted by atomic mass is 32.1. The minimum Gasteiger partial charge on any atom is -0.496 e. The van der Waals surface area contributed by atoms with Crippen LogP contribution in [0.1, 0.15) is 33.8 Å².